The van der Waals surface area contributed by atoms with E-state index in [0.29, 0.717) is 13.2 Å². The number of carbonyl (C=O) groups excluding carboxylic acids is 1. The molecular formula is C12H16INO3. The number of aliphatic hydroxyl groups is 1. The third kappa shape index (κ3) is 5.88. The minimum absolute atomic E-state index is 0.0186. The summed E-state index contributed by atoms with van der Waals surface area (Å²) in [5, 5.41) is 12.7. The summed E-state index contributed by atoms with van der Waals surface area (Å²) in [6.45, 7) is 2.42. The summed E-state index contributed by atoms with van der Waals surface area (Å²) >= 11 is 2.22. The topological polar surface area (TPSA) is 58.6 Å². The van der Waals surface area contributed by atoms with Gasteiger partial charge in [0.1, 0.15) is 0 Å². The molecule has 2 N–H and O–H groups in total. The lowest BCUT2D eigenvalue weighted by Gasteiger charge is -2.12. The summed E-state index contributed by atoms with van der Waals surface area (Å²) in [5.41, 5.74) is 0.930. The number of hydrogen-bond donors (Lipinski definition) is 2. The average molecular weight is 349 g/mol. The number of anilines is 1. The molecule has 5 heteroatoms. The first-order valence-electron chi connectivity index (χ1n) is 5.45. The SMILES string of the molecule is CCOC(=O)CC(O)CNc1cccc(I)c1. The van der Waals surface area contributed by atoms with Crippen LogP contribution in [0.1, 0.15) is 13.3 Å². The molecule has 0 aliphatic carbocycles. The molecule has 0 spiro atoms. The second kappa shape index (κ2) is 7.50. The molecule has 4 nitrogen and oxygen atoms in total. The average Bonchev–Trinajstić information content (AvgIpc) is 2.27. The van der Waals surface area contributed by atoms with E-state index in [9.17, 15) is 9.90 Å². The lowest BCUT2D eigenvalue weighted by molar-refractivity contribution is -0.145. The summed E-state index contributed by atoms with van der Waals surface area (Å²) in [6.07, 6.45) is -0.711. The zero-order valence-corrected chi connectivity index (χ0v) is 11.8. The fraction of sp³-hybridized carbons (Fsp3) is 0.417. The molecule has 0 aliphatic heterocycles. The highest BCUT2D eigenvalue weighted by molar-refractivity contribution is 14.1. The number of carbonyl (C=O) groups is 1. The van der Waals surface area contributed by atoms with E-state index < -0.39 is 6.10 Å². The lowest BCUT2D eigenvalue weighted by atomic mass is 10.2. The van der Waals surface area contributed by atoms with Crippen molar-refractivity contribution < 1.29 is 14.6 Å². The van der Waals surface area contributed by atoms with E-state index in [1.807, 2.05) is 24.3 Å². The zero-order valence-electron chi connectivity index (χ0n) is 9.65. The third-order valence-corrected chi connectivity index (χ3v) is 2.75. The maximum Gasteiger partial charge on any atom is 0.308 e. The van der Waals surface area contributed by atoms with Gasteiger partial charge in [-0.1, -0.05) is 6.07 Å². The Bertz CT molecular complexity index is 371. The number of aliphatic hydroxyl groups excluding tert-OH is 1. The Labute approximate surface area is 115 Å². The van der Waals surface area contributed by atoms with Crippen LogP contribution in [0.5, 0.6) is 0 Å². The van der Waals surface area contributed by atoms with E-state index in [-0.39, 0.29) is 12.4 Å². The van der Waals surface area contributed by atoms with Crippen LogP contribution in [-0.4, -0.2) is 30.3 Å². The van der Waals surface area contributed by atoms with Gasteiger partial charge in [0.25, 0.3) is 0 Å². The molecule has 0 amide bonds. The van der Waals surface area contributed by atoms with Gasteiger partial charge in [0.05, 0.1) is 19.1 Å². The lowest BCUT2D eigenvalue weighted by Crippen LogP contribution is -2.23. The molecule has 1 unspecified atom stereocenters. The van der Waals surface area contributed by atoms with Crippen LogP contribution in [0.4, 0.5) is 5.69 Å². The van der Waals surface area contributed by atoms with E-state index in [1.165, 1.54) is 0 Å². The quantitative estimate of drug-likeness (QED) is 0.610. The van der Waals surface area contributed by atoms with Gasteiger partial charge in [0, 0.05) is 15.8 Å². The number of ether oxygens (including phenoxy) is 1. The first-order valence-corrected chi connectivity index (χ1v) is 6.52. The Morgan fingerprint density at radius 1 is 1.59 bits per heavy atom. The summed E-state index contributed by atoms with van der Waals surface area (Å²) in [4.78, 5) is 11.1. The van der Waals surface area contributed by atoms with Crippen LogP contribution < -0.4 is 5.32 Å². The second-order valence-electron chi connectivity index (χ2n) is 3.55. The largest absolute Gasteiger partial charge is 0.466 e. The van der Waals surface area contributed by atoms with Crippen LogP contribution in [0.25, 0.3) is 0 Å². The van der Waals surface area contributed by atoms with Gasteiger partial charge in [0.2, 0.25) is 0 Å². The van der Waals surface area contributed by atoms with Gasteiger partial charge in [-0.25, -0.2) is 0 Å². The van der Waals surface area contributed by atoms with Crippen molar-refractivity contribution in [3.63, 3.8) is 0 Å². The molecule has 0 bridgehead atoms. The molecule has 1 aromatic rings. The maximum atomic E-state index is 11.1. The minimum atomic E-state index is -0.730. The normalized spacial score (nSPS) is 11.9. The highest BCUT2D eigenvalue weighted by atomic mass is 127. The van der Waals surface area contributed by atoms with Crippen LogP contribution in [0, 0.1) is 3.57 Å². The van der Waals surface area contributed by atoms with E-state index in [0.717, 1.165) is 9.26 Å². The fourth-order valence-corrected chi connectivity index (χ4v) is 1.86. The molecule has 1 rings (SSSR count). The highest BCUT2D eigenvalue weighted by Gasteiger charge is 2.11. The molecule has 1 aromatic carbocycles. The Hall–Kier alpha value is -0.820. The van der Waals surface area contributed by atoms with Crippen LogP contribution in [-0.2, 0) is 9.53 Å². The molecule has 0 aliphatic rings. The van der Waals surface area contributed by atoms with Crippen molar-refractivity contribution in [1.29, 1.82) is 0 Å². The number of halogens is 1. The van der Waals surface area contributed by atoms with Crippen molar-refractivity contribution in [2.75, 3.05) is 18.5 Å². The van der Waals surface area contributed by atoms with Gasteiger partial charge in [0.15, 0.2) is 0 Å². The van der Waals surface area contributed by atoms with E-state index in [1.54, 1.807) is 6.92 Å². The molecule has 0 fully saturated rings. The van der Waals surface area contributed by atoms with Gasteiger partial charge in [-0.3, -0.25) is 4.79 Å². The maximum absolute atomic E-state index is 11.1. The van der Waals surface area contributed by atoms with Gasteiger partial charge >= 0.3 is 5.97 Å². The van der Waals surface area contributed by atoms with Crippen molar-refractivity contribution in [2.45, 2.75) is 19.4 Å². The smallest absolute Gasteiger partial charge is 0.308 e. The molecule has 0 radical (unpaired) electrons. The van der Waals surface area contributed by atoms with Crippen molar-refractivity contribution in [3.05, 3.63) is 27.8 Å². The molecule has 0 saturated carbocycles. The summed E-state index contributed by atoms with van der Waals surface area (Å²) in [6, 6.07) is 7.81. The first kappa shape index (κ1) is 14.2. The molecular weight excluding hydrogens is 333 g/mol. The van der Waals surface area contributed by atoms with E-state index in [4.69, 9.17) is 4.74 Å². The zero-order chi connectivity index (χ0) is 12.7. The Kier molecular flexibility index (Phi) is 6.28. The first-order chi connectivity index (χ1) is 8.11. The standard InChI is InChI=1S/C12H16INO3/c1-2-17-12(16)7-11(15)8-14-10-5-3-4-9(13)6-10/h3-6,11,14-15H,2,7-8H2,1H3. The minimum Gasteiger partial charge on any atom is -0.466 e. The second-order valence-corrected chi connectivity index (χ2v) is 4.80. The monoisotopic (exact) mass is 349 g/mol. The predicted molar refractivity (Wildman–Crippen MR) is 74.9 cm³/mol. The number of hydrogen-bond acceptors (Lipinski definition) is 4. The number of benzene rings is 1. The highest BCUT2D eigenvalue weighted by Crippen LogP contribution is 2.12. The molecule has 0 heterocycles. The van der Waals surface area contributed by atoms with Crippen LogP contribution >= 0.6 is 22.6 Å². The third-order valence-electron chi connectivity index (χ3n) is 2.07. The Balaban J connectivity index is 2.33. The Morgan fingerprint density at radius 3 is 3.00 bits per heavy atom. The molecule has 94 valence electrons. The summed E-state index contributed by atoms with van der Waals surface area (Å²) in [7, 11) is 0. The van der Waals surface area contributed by atoms with Crippen LogP contribution in [0.3, 0.4) is 0 Å². The molecule has 0 aromatic heterocycles. The van der Waals surface area contributed by atoms with Crippen LogP contribution in [0.15, 0.2) is 24.3 Å². The van der Waals surface area contributed by atoms with Gasteiger partial charge < -0.3 is 15.2 Å². The van der Waals surface area contributed by atoms with Gasteiger partial charge in [-0.05, 0) is 47.7 Å². The fourth-order valence-electron chi connectivity index (χ4n) is 1.32. The Morgan fingerprint density at radius 2 is 2.35 bits per heavy atom. The molecule has 1 atom stereocenters. The van der Waals surface area contributed by atoms with Crippen molar-refractivity contribution >= 4 is 34.2 Å². The van der Waals surface area contributed by atoms with Crippen molar-refractivity contribution in [3.8, 4) is 0 Å². The summed E-state index contributed by atoms with van der Waals surface area (Å²) in [5.74, 6) is -0.371. The van der Waals surface area contributed by atoms with Gasteiger partial charge in [-0.15, -0.1) is 0 Å². The number of rotatable bonds is 6. The van der Waals surface area contributed by atoms with E-state index >= 15 is 0 Å². The molecule has 0 saturated heterocycles. The predicted octanol–water partition coefficient (Wildman–Crippen LogP) is 2.02. The summed E-state index contributed by atoms with van der Waals surface area (Å²) < 4.78 is 5.87. The van der Waals surface area contributed by atoms with E-state index in [2.05, 4.69) is 27.9 Å². The van der Waals surface area contributed by atoms with Gasteiger partial charge in [-0.2, -0.15) is 0 Å². The van der Waals surface area contributed by atoms with Crippen molar-refractivity contribution in [1.82, 2.24) is 0 Å². The number of esters is 1. The van der Waals surface area contributed by atoms with Crippen molar-refractivity contribution in [2.24, 2.45) is 0 Å². The number of nitrogens with one attached hydrogen (secondary N) is 1. The molecule has 17 heavy (non-hydrogen) atoms. The van der Waals surface area contributed by atoms with Crippen LogP contribution in [0.2, 0.25) is 0 Å².